The van der Waals surface area contributed by atoms with Crippen molar-refractivity contribution in [2.75, 3.05) is 0 Å². The van der Waals surface area contributed by atoms with Crippen LogP contribution < -0.4 is 0 Å². The van der Waals surface area contributed by atoms with Crippen molar-refractivity contribution in [3.05, 3.63) is 0 Å². The number of rotatable bonds is 2. The largest absolute Gasteiger partial charge is 0.237 e. The Morgan fingerprint density at radius 3 is 1.92 bits per heavy atom. The van der Waals surface area contributed by atoms with Gasteiger partial charge in [0.15, 0.2) is 0 Å². The normalized spacial score (nSPS) is 22.2. The van der Waals surface area contributed by atoms with Gasteiger partial charge in [-0.2, -0.15) is 22.2 Å². The van der Waals surface area contributed by atoms with Gasteiger partial charge >= 0.3 is 0 Å². The average Bonchev–Trinajstić information content (AvgIpc) is 1.93. The topological polar surface area (TPSA) is 0 Å². The molecule has 0 saturated heterocycles. The van der Waals surface area contributed by atoms with Crippen LogP contribution in [0.15, 0.2) is 0 Å². The van der Waals surface area contributed by atoms with Crippen molar-refractivity contribution in [1.82, 2.24) is 0 Å². The maximum absolute atomic E-state index is 5.91. The lowest BCUT2D eigenvalue weighted by molar-refractivity contribution is 0.403. The van der Waals surface area contributed by atoms with Gasteiger partial charge in [-0.3, -0.25) is 0 Å². The van der Waals surface area contributed by atoms with Crippen LogP contribution in [0.25, 0.3) is 0 Å². The van der Waals surface area contributed by atoms with Gasteiger partial charge in [0.1, 0.15) is 0 Å². The molecule has 0 unspecified atom stereocenters. The first-order chi connectivity index (χ1) is 5.79. The van der Waals surface area contributed by atoms with Crippen LogP contribution in [-0.4, -0.2) is 7.42 Å². The van der Waals surface area contributed by atoms with Crippen LogP contribution in [0.4, 0.5) is 0 Å². The van der Waals surface area contributed by atoms with Crippen molar-refractivity contribution in [1.29, 1.82) is 0 Å². The van der Waals surface area contributed by atoms with E-state index in [1.54, 1.807) is 0 Å². The highest BCUT2D eigenvalue weighted by atomic mass is 35.7. The number of hydrogen-bond acceptors (Lipinski definition) is 0. The van der Waals surface area contributed by atoms with E-state index in [9.17, 15) is 0 Å². The summed E-state index contributed by atoms with van der Waals surface area (Å²) in [4.78, 5) is 0. The molecule has 1 aliphatic rings. The van der Waals surface area contributed by atoms with Crippen molar-refractivity contribution in [3.63, 3.8) is 0 Å². The van der Waals surface area contributed by atoms with E-state index in [0.29, 0.717) is 0 Å². The molecule has 0 bridgehead atoms. The minimum Gasteiger partial charge on any atom is -0.150 e. The summed E-state index contributed by atoms with van der Waals surface area (Å²) in [5.74, 6) is 0.858. The maximum atomic E-state index is 5.91. The lowest BCUT2D eigenvalue weighted by atomic mass is 9.93. The monoisotopic (exact) mass is 224 g/mol. The molecule has 0 nitrogen and oxygen atoms in total. The third-order valence-corrected chi connectivity index (χ3v) is 4.83. The molecule has 72 valence electrons. The number of halogens is 2. The Bertz CT molecular complexity index is 109. The predicted molar refractivity (Wildman–Crippen MR) is 59.5 cm³/mol. The van der Waals surface area contributed by atoms with E-state index >= 15 is 0 Å². The van der Waals surface area contributed by atoms with E-state index in [2.05, 4.69) is 0 Å². The summed E-state index contributed by atoms with van der Waals surface area (Å²) in [7, 11) is -1.33. The Labute approximate surface area is 86.6 Å². The molecule has 1 aliphatic carbocycles. The van der Waals surface area contributed by atoms with Crippen molar-refractivity contribution < 1.29 is 0 Å². The SMILES string of the molecule is Cl[SiH](Cl)CC1CCCCCCC1. The van der Waals surface area contributed by atoms with Crippen molar-refractivity contribution in [2.45, 2.75) is 51.0 Å². The molecule has 1 rings (SSSR count). The van der Waals surface area contributed by atoms with Crippen LogP contribution >= 0.6 is 22.2 Å². The minimum atomic E-state index is -1.33. The summed E-state index contributed by atoms with van der Waals surface area (Å²) < 4.78 is 0. The first-order valence-corrected chi connectivity index (χ1v) is 9.38. The lowest BCUT2D eigenvalue weighted by Gasteiger charge is -2.19. The average molecular weight is 225 g/mol. The molecule has 0 radical (unpaired) electrons. The van der Waals surface area contributed by atoms with Gasteiger partial charge in [0.25, 0.3) is 0 Å². The highest BCUT2D eigenvalue weighted by Crippen LogP contribution is 2.27. The van der Waals surface area contributed by atoms with Crippen LogP contribution in [-0.2, 0) is 0 Å². The van der Waals surface area contributed by atoms with Gasteiger partial charge in [0.05, 0.1) is 0 Å². The van der Waals surface area contributed by atoms with E-state index in [4.69, 9.17) is 22.2 Å². The van der Waals surface area contributed by atoms with Crippen LogP contribution in [0, 0.1) is 5.92 Å². The third-order valence-electron chi connectivity index (χ3n) is 2.74. The van der Waals surface area contributed by atoms with Gasteiger partial charge in [-0.25, -0.2) is 0 Å². The Morgan fingerprint density at radius 2 is 1.42 bits per heavy atom. The van der Waals surface area contributed by atoms with Gasteiger partial charge < -0.3 is 0 Å². The molecule has 1 saturated carbocycles. The van der Waals surface area contributed by atoms with E-state index in [1.165, 1.54) is 44.9 Å². The highest BCUT2D eigenvalue weighted by molar-refractivity contribution is 7.33. The summed E-state index contributed by atoms with van der Waals surface area (Å²) in [6.07, 6.45) is 9.85. The molecule has 0 aliphatic heterocycles. The molecule has 0 atom stereocenters. The van der Waals surface area contributed by atoms with Crippen LogP contribution in [0.5, 0.6) is 0 Å². The Morgan fingerprint density at radius 1 is 0.917 bits per heavy atom. The Hall–Kier alpha value is 0.797. The summed E-state index contributed by atoms with van der Waals surface area (Å²) in [5.41, 5.74) is 0. The molecule has 0 aromatic carbocycles. The second kappa shape index (κ2) is 6.28. The summed E-state index contributed by atoms with van der Waals surface area (Å²) in [6.45, 7) is 0. The van der Waals surface area contributed by atoms with Gasteiger partial charge in [-0.1, -0.05) is 44.9 Å². The molecular formula is C9H18Cl2Si. The zero-order valence-corrected chi connectivity index (χ0v) is 10.2. The zero-order valence-electron chi connectivity index (χ0n) is 7.57. The molecule has 0 spiro atoms. The molecule has 3 heteroatoms. The smallest absolute Gasteiger partial charge is 0.150 e. The van der Waals surface area contributed by atoms with Gasteiger partial charge in [-0.05, 0) is 12.0 Å². The van der Waals surface area contributed by atoms with Gasteiger partial charge in [0.2, 0.25) is 7.42 Å². The quantitative estimate of drug-likeness (QED) is 0.491. The summed E-state index contributed by atoms with van der Waals surface area (Å²) in [5, 5.41) is 0. The van der Waals surface area contributed by atoms with Gasteiger partial charge in [-0.15, -0.1) is 0 Å². The molecule has 0 heterocycles. The van der Waals surface area contributed by atoms with Crippen molar-refractivity contribution in [2.24, 2.45) is 5.92 Å². The Balaban J connectivity index is 2.20. The molecule has 0 aromatic heterocycles. The molecule has 1 fully saturated rings. The Kier molecular flexibility index (Phi) is 5.69. The minimum absolute atomic E-state index is 0.858. The van der Waals surface area contributed by atoms with Crippen molar-refractivity contribution in [3.8, 4) is 0 Å². The fourth-order valence-electron chi connectivity index (χ4n) is 2.03. The van der Waals surface area contributed by atoms with Crippen LogP contribution in [0.2, 0.25) is 6.04 Å². The highest BCUT2D eigenvalue weighted by Gasteiger charge is 2.15. The first kappa shape index (κ1) is 10.9. The fourth-order valence-corrected chi connectivity index (χ4v) is 4.52. The number of hydrogen-bond donors (Lipinski definition) is 0. The first-order valence-electron chi connectivity index (χ1n) is 5.07. The van der Waals surface area contributed by atoms with Crippen molar-refractivity contribution >= 4 is 29.6 Å². The molecular weight excluding hydrogens is 207 g/mol. The second-order valence-corrected chi connectivity index (χ2v) is 8.92. The lowest BCUT2D eigenvalue weighted by Crippen LogP contribution is -2.08. The van der Waals surface area contributed by atoms with Crippen LogP contribution in [0.1, 0.15) is 44.9 Å². The molecule has 12 heavy (non-hydrogen) atoms. The van der Waals surface area contributed by atoms with E-state index in [1.807, 2.05) is 0 Å². The zero-order chi connectivity index (χ0) is 8.81. The summed E-state index contributed by atoms with van der Waals surface area (Å²) >= 11 is 11.8. The fraction of sp³-hybridized carbons (Fsp3) is 1.00. The van der Waals surface area contributed by atoms with E-state index < -0.39 is 7.42 Å². The van der Waals surface area contributed by atoms with Gasteiger partial charge in [0, 0.05) is 0 Å². The molecule has 0 N–H and O–H groups in total. The third kappa shape index (κ3) is 4.73. The van der Waals surface area contributed by atoms with E-state index in [-0.39, 0.29) is 0 Å². The van der Waals surface area contributed by atoms with E-state index in [0.717, 1.165) is 12.0 Å². The molecule has 0 amide bonds. The maximum Gasteiger partial charge on any atom is 0.237 e. The predicted octanol–water partition coefficient (Wildman–Crippen LogP) is 4.05. The summed E-state index contributed by atoms with van der Waals surface area (Å²) in [6, 6.07) is 1.14. The standard InChI is InChI=1S/C9H18Cl2Si/c10-12(11)8-9-6-4-2-1-3-5-7-9/h9,12H,1-8H2. The second-order valence-electron chi connectivity index (χ2n) is 3.84. The molecule has 0 aromatic rings. The van der Waals surface area contributed by atoms with Crippen LogP contribution in [0.3, 0.4) is 0 Å².